The van der Waals surface area contributed by atoms with Crippen LogP contribution in [0, 0.1) is 0 Å². The van der Waals surface area contributed by atoms with Crippen molar-refractivity contribution in [1.29, 1.82) is 0 Å². The Morgan fingerprint density at radius 2 is 1.68 bits per heavy atom. The van der Waals surface area contributed by atoms with Gasteiger partial charge in [0.1, 0.15) is 0 Å². The van der Waals surface area contributed by atoms with Gasteiger partial charge in [0.25, 0.3) is 5.91 Å². The van der Waals surface area contributed by atoms with Gasteiger partial charge in [-0.1, -0.05) is 66.2 Å². The number of para-hydroxylation sites is 1. The number of halogens is 1. The summed E-state index contributed by atoms with van der Waals surface area (Å²) in [6.45, 7) is 5.47. The third-order valence-corrected chi connectivity index (χ3v) is 5.67. The maximum absolute atomic E-state index is 12.6. The first-order chi connectivity index (χ1) is 16.3. The first-order valence-electron chi connectivity index (χ1n) is 10.9. The van der Waals surface area contributed by atoms with Gasteiger partial charge in [0.05, 0.1) is 16.9 Å². The number of nitrogens with zero attached hydrogens (tertiary/aromatic N) is 2. The van der Waals surface area contributed by atoms with Crippen LogP contribution < -0.4 is 10.1 Å². The number of carbonyl (C=O) groups is 2. The molecule has 0 bridgehead atoms. The van der Waals surface area contributed by atoms with E-state index in [4.69, 9.17) is 9.84 Å². The number of rotatable bonds is 6. The summed E-state index contributed by atoms with van der Waals surface area (Å²) in [4.78, 5) is 24.6. The predicted molar refractivity (Wildman–Crippen MR) is 136 cm³/mol. The van der Waals surface area contributed by atoms with Gasteiger partial charge in [0.15, 0.2) is 0 Å². The monoisotopic (exact) mass is 517 g/mol. The number of hydrogen-bond donors (Lipinski definition) is 1. The largest absolute Gasteiger partial charge is 0.407 e. The summed E-state index contributed by atoms with van der Waals surface area (Å²) in [5, 5.41) is 7.71. The molecule has 0 saturated carbocycles. The van der Waals surface area contributed by atoms with Crippen LogP contribution in [0.25, 0.3) is 16.8 Å². The SMILES string of the molecule is CC(=O)Oc1c(-c2ccc(NC(=O)c3cccc(Br)c3)cc2)c(C(C)C)nn1-c1ccccc1. The molecule has 1 amide bonds. The molecule has 172 valence electrons. The molecule has 1 N–H and O–H groups in total. The number of benzene rings is 3. The van der Waals surface area contributed by atoms with Crippen molar-refractivity contribution in [2.45, 2.75) is 26.7 Å². The molecule has 3 aromatic carbocycles. The van der Waals surface area contributed by atoms with E-state index in [2.05, 4.69) is 21.2 Å². The average molecular weight is 518 g/mol. The molecule has 0 atom stereocenters. The Morgan fingerprint density at radius 3 is 2.29 bits per heavy atom. The Morgan fingerprint density at radius 1 is 0.971 bits per heavy atom. The van der Waals surface area contributed by atoms with E-state index in [0.717, 1.165) is 27.0 Å². The van der Waals surface area contributed by atoms with Crippen LogP contribution in [-0.2, 0) is 4.79 Å². The lowest BCUT2D eigenvalue weighted by atomic mass is 9.99. The van der Waals surface area contributed by atoms with Gasteiger partial charge in [0, 0.05) is 22.6 Å². The fraction of sp³-hybridized carbons (Fsp3) is 0.148. The lowest BCUT2D eigenvalue weighted by Gasteiger charge is -2.11. The zero-order valence-electron chi connectivity index (χ0n) is 19.1. The summed E-state index contributed by atoms with van der Waals surface area (Å²) in [7, 11) is 0. The zero-order valence-corrected chi connectivity index (χ0v) is 20.7. The fourth-order valence-corrected chi connectivity index (χ4v) is 4.02. The van der Waals surface area contributed by atoms with E-state index in [1.54, 1.807) is 16.8 Å². The predicted octanol–water partition coefficient (Wildman–Crippen LogP) is 6.60. The molecule has 0 spiro atoms. The average Bonchev–Trinajstić information content (AvgIpc) is 3.19. The van der Waals surface area contributed by atoms with Gasteiger partial charge in [-0.3, -0.25) is 9.59 Å². The number of nitrogens with one attached hydrogen (secondary N) is 1. The van der Waals surface area contributed by atoms with E-state index in [1.807, 2.05) is 80.6 Å². The van der Waals surface area contributed by atoms with Gasteiger partial charge in [-0.15, -0.1) is 0 Å². The Balaban J connectivity index is 1.72. The molecular weight excluding hydrogens is 494 g/mol. The van der Waals surface area contributed by atoms with Crippen LogP contribution in [0.2, 0.25) is 0 Å². The highest BCUT2D eigenvalue weighted by molar-refractivity contribution is 9.10. The molecular formula is C27H24BrN3O3. The first kappa shape index (κ1) is 23.4. The molecule has 0 saturated heterocycles. The number of carbonyl (C=O) groups excluding carboxylic acids is 2. The maximum Gasteiger partial charge on any atom is 0.309 e. The van der Waals surface area contributed by atoms with Gasteiger partial charge in [0.2, 0.25) is 5.88 Å². The van der Waals surface area contributed by atoms with Crippen molar-refractivity contribution in [2.75, 3.05) is 5.32 Å². The van der Waals surface area contributed by atoms with Crippen LogP contribution in [0.5, 0.6) is 5.88 Å². The van der Waals surface area contributed by atoms with Crippen LogP contribution in [0.3, 0.4) is 0 Å². The third-order valence-electron chi connectivity index (χ3n) is 5.18. The number of anilines is 1. The normalized spacial score (nSPS) is 10.9. The molecule has 0 radical (unpaired) electrons. The van der Waals surface area contributed by atoms with E-state index < -0.39 is 5.97 Å². The van der Waals surface area contributed by atoms with Crippen LogP contribution in [0.15, 0.2) is 83.3 Å². The lowest BCUT2D eigenvalue weighted by molar-refractivity contribution is -0.132. The van der Waals surface area contributed by atoms with Gasteiger partial charge in [-0.2, -0.15) is 9.78 Å². The Labute approximate surface area is 206 Å². The lowest BCUT2D eigenvalue weighted by Crippen LogP contribution is -2.11. The second-order valence-electron chi connectivity index (χ2n) is 8.10. The molecule has 1 heterocycles. The number of ether oxygens (including phenoxy) is 1. The molecule has 0 fully saturated rings. The van der Waals surface area contributed by atoms with E-state index in [1.165, 1.54) is 6.92 Å². The van der Waals surface area contributed by atoms with Gasteiger partial charge in [-0.05, 0) is 53.9 Å². The second kappa shape index (κ2) is 10.1. The van der Waals surface area contributed by atoms with Crippen LogP contribution in [0.1, 0.15) is 42.7 Å². The number of esters is 1. The molecule has 0 aliphatic carbocycles. The Hall–Kier alpha value is -3.71. The highest BCUT2D eigenvalue weighted by atomic mass is 79.9. The summed E-state index contributed by atoms with van der Waals surface area (Å²) >= 11 is 3.39. The molecule has 0 aliphatic heterocycles. The molecule has 4 aromatic rings. The van der Waals surface area contributed by atoms with E-state index >= 15 is 0 Å². The highest BCUT2D eigenvalue weighted by Gasteiger charge is 2.25. The number of aromatic nitrogens is 2. The summed E-state index contributed by atoms with van der Waals surface area (Å²) in [6, 6.07) is 24.2. The maximum atomic E-state index is 12.6. The minimum atomic E-state index is -0.424. The minimum absolute atomic E-state index is 0.0881. The number of hydrogen-bond acceptors (Lipinski definition) is 4. The van der Waals surface area contributed by atoms with Crippen molar-refractivity contribution >= 4 is 33.5 Å². The fourth-order valence-electron chi connectivity index (χ4n) is 3.62. The summed E-state index contributed by atoms with van der Waals surface area (Å²) in [6.07, 6.45) is 0. The topological polar surface area (TPSA) is 73.2 Å². The smallest absolute Gasteiger partial charge is 0.309 e. The molecule has 6 nitrogen and oxygen atoms in total. The van der Waals surface area contributed by atoms with Crippen LogP contribution in [0.4, 0.5) is 5.69 Å². The van der Waals surface area contributed by atoms with E-state index in [-0.39, 0.29) is 11.8 Å². The molecule has 34 heavy (non-hydrogen) atoms. The first-order valence-corrected chi connectivity index (χ1v) is 11.7. The van der Waals surface area contributed by atoms with Crippen molar-refractivity contribution in [2.24, 2.45) is 0 Å². The minimum Gasteiger partial charge on any atom is -0.407 e. The highest BCUT2D eigenvalue weighted by Crippen LogP contribution is 2.39. The van der Waals surface area contributed by atoms with Crippen molar-refractivity contribution < 1.29 is 14.3 Å². The standard InChI is InChI=1S/C27H24BrN3O3/c1-17(2)25-24(27(34-18(3)32)31(30-25)23-10-5-4-6-11-23)19-12-14-22(15-13-19)29-26(33)20-8-7-9-21(28)16-20/h4-17H,1-3H3,(H,29,33). The van der Waals surface area contributed by atoms with Crippen LogP contribution >= 0.6 is 15.9 Å². The van der Waals surface area contributed by atoms with Crippen molar-refractivity contribution in [3.05, 3.63) is 94.6 Å². The number of amides is 1. The van der Waals surface area contributed by atoms with Crippen LogP contribution in [-0.4, -0.2) is 21.7 Å². The quantitative estimate of drug-likeness (QED) is 0.292. The van der Waals surface area contributed by atoms with Gasteiger partial charge in [-0.25, -0.2) is 0 Å². The molecule has 7 heteroatoms. The summed E-state index contributed by atoms with van der Waals surface area (Å²) in [5.74, 6) is -0.167. The van der Waals surface area contributed by atoms with Crippen molar-refractivity contribution in [1.82, 2.24) is 9.78 Å². The summed E-state index contributed by atoms with van der Waals surface area (Å²) < 4.78 is 8.17. The Bertz CT molecular complexity index is 1330. The second-order valence-corrected chi connectivity index (χ2v) is 9.02. The van der Waals surface area contributed by atoms with Crippen molar-refractivity contribution in [3.63, 3.8) is 0 Å². The summed E-state index contributed by atoms with van der Waals surface area (Å²) in [5.41, 5.74) is 4.41. The molecule has 4 rings (SSSR count). The zero-order chi connectivity index (χ0) is 24.2. The third kappa shape index (κ3) is 5.10. The van der Waals surface area contributed by atoms with E-state index in [0.29, 0.717) is 17.1 Å². The van der Waals surface area contributed by atoms with E-state index in [9.17, 15) is 9.59 Å². The van der Waals surface area contributed by atoms with Gasteiger partial charge >= 0.3 is 5.97 Å². The van der Waals surface area contributed by atoms with Crippen molar-refractivity contribution in [3.8, 4) is 22.7 Å². The Kier molecular flexibility index (Phi) is 6.93. The van der Waals surface area contributed by atoms with Gasteiger partial charge < -0.3 is 10.1 Å². The molecule has 1 aromatic heterocycles. The molecule has 0 aliphatic rings. The molecule has 0 unspecified atom stereocenters.